The third-order valence-electron chi connectivity index (χ3n) is 4.71. The van der Waals surface area contributed by atoms with Crippen LogP contribution in [0, 0.1) is 6.92 Å². The van der Waals surface area contributed by atoms with Crippen molar-refractivity contribution in [3.63, 3.8) is 0 Å². The summed E-state index contributed by atoms with van der Waals surface area (Å²) in [6.45, 7) is 6.47. The van der Waals surface area contributed by atoms with Gasteiger partial charge in [0, 0.05) is 44.1 Å². The predicted molar refractivity (Wildman–Crippen MR) is 99.5 cm³/mol. The third-order valence-corrected chi connectivity index (χ3v) is 6.17. The van der Waals surface area contributed by atoms with Crippen molar-refractivity contribution in [1.82, 2.24) is 14.3 Å². The van der Waals surface area contributed by atoms with E-state index in [1.54, 1.807) is 29.3 Å². The number of aromatic nitrogens is 2. The fourth-order valence-electron chi connectivity index (χ4n) is 3.43. The Balaban J connectivity index is 1.66. The second-order valence-electron chi connectivity index (χ2n) is 6.65. The molecule has 0 spiro atoms. The van der Waals surface area contributed by atoms with Gasteiger partial charge in [0.2, 0.25) is 15.9 Å². The van der Waals surface area contributed by atoms with Crippen molar-refractivity contribution in [3.8, 4) is 0 Å². The van der Waals surface area contributed by atoms with E-state index in [1.807, 2.05) is 24.6 Å². The summed E-state index contributed by atoms with van der Waals surface area (Å²) in [7, 11) is -3.57. The molecule has 1 aliphatic heterocycles. The van der Waals surface area contributed by atoms with Crippen LogP contribution in [-0.4, -0.2) is 36.5 Å². The SMILES string of the molecule is CC(=O)N1c2ccc(S(=O)(=O)NCCCn3ccnc3C)cc2C[C@H]1C. The maximum Gasteiger partial charge on any atom is 0.240 e. The Morgan fingerprint density at radius 1 is 1.38 bits per heavy atom. The Kier molecular flexibility index (Phi) is 5.15. The van der Waals surface area contributed by atoms with Gasteiger partial charge >= 0.3 is 0 Å². The minimum Gasteiger partial charge on any atom is -0.335 e. The average molecular weight is 376 g/mol. The molecule has 0 radical (unpaired) electrons. The first-order valence-electron chi connectivity index (χ1n) is 8.70. The van der Waals surface area contributed by atoms with Gasteiger partial charge in [0.25, 0.3) is 0 Å². The molecule has 8 heteroatoms. The van der Waals surface area contributed by atoms with Gasteiger partial charge in [-0.1, -0.05) is 0 Å². The number of anilines is 1. The summed E-state index contributed by atoms with van der Waals surface area (Å²) in [5.41, 5.74) is 1.70. The smallest absolute Gasteiger partial charge is 0.240 e. The van der Waals surface area contributed by atoms with Crippen molar-refractivity contribution in [3.05, 3.63) is 42.0 Å². The Hall–Kier alpha value is -2.19. The first-order valence-corrected chi connectivity index (χ1v) is 10.2. The highest BCUT2D eigenvalue weighted by Gasteiger charge is 2.30. The number of imidazole rings is 1. The third kappa shape index (κ3) is 3.66. The predicted octanol–water partition coefficient (Wildman–Crippen LogP) is 1.86. The number of hydrogen-bond acceptors (Lipinski definition) is 4. The van der Waals surface area contributed by atoms with Crippen molar-refractivity contribution < 1.29 is 13.2 Å². The quantitative estimate of drug-likeness (QED) is 0.780. The minimum atomic E-state index is -3.57. The van der Waals surface area contributed by atoms with Crippen LogP contribution in [0.1, 0.15) is 31.7 Å². The highest BCUT2D eigenvalue weighted by atomic mass is 32.2. The number of nitrogens with zero attached hydrogens (tertiary/aromatic N) is 3. The van der Waals surface area contributed by atoms with E-state index in [0.717, 1.165) is 17.1 Å². The molecule has 1 aromatic carbocycles. The molecule has 26 heavy (non-hydrogen) atoms. The zero-order valence-electron chi connectivity index (χ0n) is 15.3. The number of carbonyl (C=O) groups is 1. The molecule has 0 bridgehead atoms. The molecular weight excluding hydrogens is 352 g/mol. The molecule has 2 aromatic rings. The lowest BCUT2D eigenvalue weighted by Crippen LogP contribution is -2.33. The normalized spacial score (nSPS) is 16.7. The standard InChI is InChI=1S/C18H24N4O3S/c1-13-11-16-12-17(5-6-18(16)22(13)15(3)23)26(24,25)20-7-4-9-21-10-8-19-14(21)2/h5-6,8,10,12-13,20H,4,7,9,11H2,1-3H3/t13-/m1/s1. The van der Waals surface area contributed by atoms with Gasteiger partial charge in [-0.25, -0.2) is 18.1 Å². The number of nitrogens with one attached hydrogen (secondary N) is 1. The van der Waals surface area contributed by atoms with Crippen molar-refractivity contribution in [1.29, 1.82) is 0 Å². The number of aryl methyl sites for hydroxylation is 2. The summed E-state index contributed by atoms with van der Waals surface area (Å²) in [5.74, 6) is 0.885. The molecule has 1 aromatic heterocycles. The lowest BCUT2D eigenvalue weighted by molar-refractivity contribution is -0.116. The fourth-order valence-corrected chi connectivity index (χ4v) is 4.56. The van der Waals surface area contributed by atoms with Crippen LogP contribution in [0.5, 0.6) is 0 Å². The van der Waals surface area contributed by atoms with E-state index < -0.39 is 10.0 Å². The molecule has 3 rings (SSSR count). The molecule has 1 N–H and O–H groups in total. The maximum atomic E-state index is 12.5. The lowest BCUT2D eigenvalue weighted by Gasteiger charge is -2.20. The topological polar surface area (TPSA) is 84.3 Å². The van der Waals surface area contributed by atoms with Gasteiger partial charge in [-0.05, 0) is 50.5 Å². The highest BCUT2D eigenvalue weighted by molar-refractivity contribution is 7.89. The molecule has 0 saturated carbocycles. The molecule has 1 aliphatic rings. The number of amides is 1. The zero-order chi connectivity index (χ0) is 18.9. The Bertz CT molecular complexity index is 920. The average Bonchev–Trinajstić information content (AvgIpc) is 3.12. The number of hydrogen-bond donors (Lipinski definition) is 1. The zero-order valence-corrected chi connectivity index (χ0v) is 16.1. The van der Waals surface area contributed by atoms with Crippen molar-refractivity contribution >= 4 is 21.6 Å². The first-order chi connectivity index (χ1) is 12.3. The van der Waals surface area contributed by atoms with Gasteiger partial charge < -0.3 is 9.47 Å². The van der Waals surface area contributed by atoms with Gasteiger partial charge in [0.15, 0.2) is 0 Å². The summed E-state index contributed by atoms with van der Waals surface area (Å²) in [4.78, 5) is 17.9. The van der Waals surface area contributed by atoms with Crippen molar-refractivity contribution in [2.24, 2.45) is 0 Å². The van der Waals surface area contributed by atoms with Crippen LogP contribution < -0.4 is 9.62 Å². The summed E-state index contributed by atoms with van der Waals surface area (Å²) in [5, 5.41) is 0. The van der Waals surface area contributed by atoms with Crippen molar-refractivity contribution in [2.45, 2.75) is 51.1 Å². The number of rotatable bonds is 6. The van der Waals surface area contributed by atoms with Crippen LogP contribution in [0.3, 0.4) is 0 Å². The second kappa shape index (κ2) is 7.20. The van der Waals surface area contributed by atoms with E-state index in [4.69, 9.17) is 0 Å². The largest absolute Gasteiger partial charge is 0.335 e. The summed E-state index contributed by atoms with van der Waals surface area (Å²) < 4.78 is 29.7. The number of sulfonamides is 1. The van der Waals surface area contributed by atoms with Gasteiger partial charge in [-0.2, -0.15) is 0 Å². The van der Waals surface area contributed by atoms with E-state index in [1.165, 1.54) is 6.92 Å². The van der Waals surface area contributed by atoms with Crippen LogP contribution >= 0.6 is 0 Å². The van der Waals surface area contributed by atoms with Gasteiger partial charge in [-0.3, -0.25) is 4.79 Å². The van der Waals surface area contributed by atoms with Gasteiger partial charge in [0.05, 0.1) is 4.90 Å². The molecular formula is C18H24N4O3S. The number of carbonyl (C=O) groups excluding carboxylic acids is 1. The Labute approximate surface area is 154 Å². The molecule has 7 nitrogen and oxygen atoms in total. The van der Waals surface area contributed by atoms with Gasteiger partial charge in [0.1, 0.15) is 5.82 Å². The maximum absolute atomic E-state index is 12.5. The number of benzene rings is 1. The van der Waals surface area contributed by atoms with E-state index in [9.17, 15) is 13.2 Å². The highest BCUT2D eigenvalue weighted by Crippen LogP contribution is 2.33. The summed E-state index contributed by atoms with van der Waals surface area (Å²) in [6, 6.07) is 5.02. The Morgan fingerprint density at radius 3 is 2.81 bits per heavy atom. The molecule has 0 aliphatic carbocycles. The van der Waals surface area contributed by atoms with E-state index in [-0.39, 0.29) is 16.8 Å². The molecule has 1 atom stereocenters. The molecule has 1 amide bonds. The molecule has 2 heterocycles. The molecule has 140 valence electrons. The van der Waals surface area contributed by atoms with Crippen LogP contribution in [0.2, 0.25) is 0 Å². The summed E-state index contributed by atoms with van der Waals surface area (Å²) >= 11 is 0. The second-order valence-corrected chi connectivity index (χ2v) is 8.42. The van der Waals surface area contributed by atoms with Crippen molar-refractivity contribution in [2.75, 3.05) is 11.4 Å². The van der Waals surface area contributed by atoms with Crippen LogP contribution in [0.4, 0.5) is 5.69 Å². The Morgan fingerprint density at radius 2 is 2.15 bits per heavy atom. The van der Waals surface area contributed by atoms with Crippen LogP contribution in [-0.2, 0) is 27.8 Å². The van der Waals surface area contributed by atoms with Crippen LogP contribution in [0.25, 0.3) is 0 Å². The molecule has 0 unspecified atom stereocenters. The molecule has 0 fully saturated rings. The van der Waals surface area contributed by atoms with E-state index >= 15 is 0 Å². The first kappa shape index (κ1) is 18.6. The van der Waals surface area contributed by atoms with Gasteiger partial charge in [-0.15, -0.1) is 0 Å². The minimum absolute atomic E-state index is 0.0280. The fraction of sp³-hybridized carbons (Fsp3) is 0.444. The van der Waals surface area contributed by atoms with E-state index in [2.05, 4.69) is 9.71 Å². The molecule has 0 saturated heterocycles. The lowest BCUT2D eigenvalue weighted by atomic mass is 10.1. The monoisotopic (exact) mass is 376 g/mol. The van der Waals surface area contributed by atoms with Crippen LogP contribution in [0.15, 0.2) is 35.5 Å². The number of fused-ring (bicyclic) bond motifs is 1. The summed E-state index contributed by atoms with van der Waals surface area (Å²) in [6.07, 6.45) is 4.95. The van der Waals surface area contributed by atoms with E-state index in [0.29, 0.717) is 25.9 Å².